The second-order valence-corrected chi connectivity index (χ2v) is 5.75. The maximum Gasteiger partial charge on any atom is 0.146 e. The molecule has 24 heavy (non-hydrogen) atoms. The summed E-state index contributed by atoms with van der Waals surface area (Å²) in [6.45, 7) is 3.29. The third-order valence-corrected chi connectivity index (χ3v) is 3.87. The number of aryl methyl sites for hydroxylation is 1. The van der Waals surface area contributed by atoms with Crippen LogP contribution in [0.25, 0.3) is 0 Å². The second-order valence-electron chi connectivity index (χ2n) is 5.75. The number of pyridine rings is 1. The van der Waals surface area contributed by atoms with Crippen LogP contribution in [0, 0.1) is 18.3 Å². The van der Waals surface area contributed by atoms with Crippen LogP contribution in [0.4, 0.5) is 5.82 Å². The van der Waals surface area contributed by atoms with Crippen molar-refractivity contribution in [3.8, 4) is 6.07 Å². The van der Waals surface area contributed by atoms with Crippen LogP contribution in [0.2, 0.25) is 0 Å². The lowest BCUT2D eigenvalue weighted by Gasteiger charge is -2.20. The zero-order valence-corrected chi connectivity index (χ0v) is 13.8. The normalized spacial score (nSPS) is 10.4. The molecular weight excluding hydrogens is 298 g/mol. The number of rotatable bonds is 5. The van der Waals surface area contributed by atoms with Gasteiger partial charge >= 0.3 is 0 Å². The van der Waals surface area contributed by atoms with E-state index in [1.807, 2.05) is 55.4 Å². The molecule has 0 saturated heterocycles. The highest BCUT2D eigenvalue weighted by Gasteiger charge is 2.13. The summed E-state index contributed by atoms with van der Waals surface area (Å²) in [5, 5.41) is 9.30. The van der Waals surface area contributed by atoms with E-state index >= 15 is 0 Å². The number of nitrogens with zero attached hydrogens (tertiary/aromatic N) is 5. The minimum Gasteiger partial charge on any atom is -0.351 e. The summed E-state index contributed by atoms with van der Waals surface area (Å²) in [6, 6.07) is 16.2. The SMILES string of the molecule is Cc1ccc(C#N)c(N(C)Cc2nccn2Cc2ccccc2)n1. The Morgan fingerprint density at radius 2 is 1.96 bits per heavy atom. The van der Waals surface area contributed by atoms with Gasteiger partial charge in [0.1, 0.15) is 17.7 Å². The van der Waals surface area contributed by atoms with E-state index in [2.05, 4.69) is 32.7 Å². The molecule has 2 heterocycles. The fourth-order valence-electron chi connectivity index (χ4n) is 2.62. The lowest BCUT2D eigenvalue weighted by atomic mass is 10.2. The largest absolute Gasteiger partial charge is 0.351 e. The molecule has 120 valence electrons. The van der Waals surface area contributed by atoms with E-state index in [-0.39, 0.29) is 0 Å². The van der Waals surface area contributed by atoms with Gasteiger partial charge in [-0.05, 0) is 24.6 Å². The summed E-state index contributed by atoms with van der Waals surface area (Å²) in [6.07, 6.45) is 3.78. The van der Waals surface area contributed by atoms with Gasteiger partial charge in [0.05, 0.1) is 12.1 Å². The van der Waals surface area contributed by atoms with Crippen LogP contribution < -0.4 is 4.90 Å². The molecular formula is C19H19N5. The standard InChI is InChI=1S/C19H19N5/c1-15-8-9-17(12-20)19(22-15)23(2)14-18-21-10-11-24(18)13-16-6-4-3-5-7-16/h3-11H,13-14H2,1-2H3. The van der Waals surface area contributed by atoms with Crippen molar-refractivity contribution in [1.82, 2.24) is 14.5 Å². The molecule has 0 aliphatic rings. The van der Waals surface area contributed by atoms with Gasteiger partial charge in [-0.3, -0.25) is 0 Å². The highest BCUT2D eigenvalue weighted by molar-refractivity contribution is 5.53. The average molecular weight is 317 g/mol. The molecule has 0 saturated carbocycles. The molecule has 3 aromatic rings. The maximum absolute atomic E-state index is 9.30. The van der Waals surface area contributed by atoms with E-state index in [1.165, 1.54) is 5.56 Å². The molecule has 0 N–H and O–H groups in total. The van der Waals surface area contributed by atoms with Gasteiger partial charge in [-0.2, -0.15) is 5.26 Å². The smallest absolute Gasteiger partial charge is 0.146 e. The number of hydrogen-bond donors (Lipinski definition) is 0. The molecule has 0 radical (unpaired) electrons. The molecule has 0 bridgehead atoms. The van der Waals surface area contributed by atoms with Crippen molar-refractivity contribution in [2.75, 3.05) is 11.9 Å². The Morgan fingerprint density at radius 1 is 1.17 bits per heavy atom. The van der Waals surface area contributed by atoms with E-state index in [0.29, 0.717) is 17.9 Å². The van der Waals surface area contributed by atoms with Gasteiger partial charge in [0.2, 0.25) is 0 Å². The monoisotopic (exact) mass is 317 g/mol. The number of nitriles is 1. The summed E-state index contributed by atoms with van der Waals surface area (Å²) in [7, 11) is 1.93. The topological polar surface area (TPSA) is 57.7 Å². The second kappa shape index (κ2) is 6.97. The van der Waals surface area contributed by atoms with E-state index in [0.717, 1.165) is 18.1 Å². The fraction of sp³-hybridized carbons (Fsp3) is 0.211. The van der Waals surface area contributed by atoms with Crippen LogP contribution in [0.1, 0.15) is 22.6 Å². The molecule has 5 heteroatoms. The van der Waals surface area contributed by atoms with E-state index in [4.69, 9.17) is 0 Å². The van der Waals surface area contributed by atoms with Crippen LogP contribution in [0.5, 0.6) is 0 Å². The van der Waals surface area contributed by atoms with Crippen LogP contribution in [-0.2, 0) is 13.1 Å². The third-order valence-electron chi connectivity index (χ3n) is 3.87. The number of hydrogen-bond acceptors (Lipinski definition) is 4. The lowest BCUT2D eigenvalue weighted by Crippen LogP contribution is -2.22. The highest BCUT2D eigenvalue weighted by atomic mass is 15.2. The Balaban J connectivity index is 1.81. The highest BCUT2D eigenvalue weighted by Crippen LogP contribution is 2.18. The fourth-order valence-corrected chi connectivity index (χ4v) is 2.62. The Morgan fingerprint density at radius 3 is 2.71 bits per heavy atom. The van der Waals surface area contributed by atoms with Crippen LogP contribution in [-0.4, -0.2) is 21.6 Å². The molecule has 0 amide bonds. The summed E-state index contributed by atoms with van der Waals surface area (Å²) in [5.74, 6) is 1.63. The van der Waals surface area contributed by atoms with Gasteiger partial charge in [0.15, 0.2) is 0 Å². The first kappa shape index (κ1) is 15.8. The van der Waals surface area contributed by atoms with Crippen molar-refractivity contribution in [1.29, 1.82) is 5.26 Å². The summed E-state index contributed by atoms with van der Waals surface area (Å²) in [4.78, 5) is 10.9. The Hall–Kier alpha value is -3.13. The third kappa shape index (κ3) is 3.44. The molecule has 5 nitrogen and oxygen atoms in total. The first-order valence-electron chi connectivity index (χ1n) is 7.80. The van der Waals surface area contributed by atoms with Crippen molar-refractivity contribution < 1.29 is 0 Å². The molecule has 0 atom stereocenters. The average Bonchev–Trinajstić information content (AvgIpc) is 3.02. The lowest BCUT2D eigenvalue weighted by molar-refractivity contribution is 0.703. The van der Waals surface area contributed by atoms with Crippen molar-refractivity contribution >= 4 is 5.82 Å². The van der Waals surface area contributed by atoms with Crippen LogP contribution in [0.3, 0.4) is 0 Å². The number of aromatic nitrogens is 3. The number of benzene rings is 1. The molecule has 1 aromatic carbocycles. The van der Waals surface area contributed by atoms with E-state index < -0.39 is 0 Å². The predicted molar refractivity (Wildman–Crippen MR) is 93.6 cm³/mol. The first-order chi connectivity index (χ1) is 11.7. The Kier molecular flexibility index (Phi) is 4.57. The van der Waals surface area contributed by atoms with Gasteiger partial charge in [0, 0.05) is 31.7 Å². The molecule has 0 spiro atoms. The minimum atomic E-state index is 0.573. The molecule has 0 aliphatic carbocycles. The maximum atomic E-state index is 9.30. The molecule has 3 rings (SSSR count). The van der Waals surface area contributed by atoms with E-state index in [1.54, 1.807) is 6.20 Å². The van der Waals surface area contributed by atoms with Crippen LogP contribution >= 0.6 is 0 Å². The summed E-state index contributed by atoms with van der Waals surface area (Å²) >= 11 is 0. The quantitative estimate of drug-likeness (QED) is 0.725. The summed E-state index contributed by atoms with van der Waals surface area (Å²) < 4.78 is 2.12. The molecule has 2 aromatic heterocycles. The summed E-state index contributed by atoms with van der Waals surface area (Å²) in [5.41, 5.74) is 2.69. The van der Waals surface area contributed by atoms with Gasteiger partial charge in [0.25, 0.3) is 0 Å². The van der Waals surface area contributed by atoms with Gasteiger partial charge in [-0.25, -0.2) is 9.97 Å². The van der Waals surface area contributed by atoms with Gasteiger partial charge in [-0.15, -0.1) is 0 Å². The minimum absolute atomic E-state index is 0.573. The van der Waals surface area contributed by atoms with Gasteiger partial charge < -0.3 is 9.47 Å². The molecule has 0 aliphatic heterocycles. The number of anilines is 1. The van der Waals surface area contributed by atoms with E-state index in [9.17, 15) is 5.26 Å². The zero-order valence-electron chi connectivity index (χ0n) is 13.8. The molecule has 0 fully saturated rings. The molecule has 0 unspecified atom stereocenters. The predicted octanol–water partition coefficient (Wildman–Crippen LogP) is 3.14. The van der Waals surface area contributed by atoms with Gasteiger partial charge in [-0.1, -0.05) is 30.3 Å². The zero-order chi connectivity index (χ0) is 16.9. The van der Waals surface area contributed by atoms with Crippen molar-refractivity contribution in [2.45, 2.75) is 20.0 Å². The van der Waals surface area contributed by atoms with Crippen molar-refractivity contribution in [2.24, 2.45) is 0 Å². The first-order valence-corrected chi connectivity index (χ1v) is 7.80. The number of imidazole rings is 1. The van der Waals surface area contributed by atoms with Crippen molar-refractivity contribution in [3.05, 3.63) is 77.5 Å². The Bertz CT molecular complexity index is 861. The van der Waals surface area contributed by atoms with Crippen molar-refractivity contribution in [3.63, 3.8) is 0 Å². The van der Waals surface area contributed by atoms with Crippen LogP contribution in [0.15, 0.2) is 54.9 Å². The Labute approximate surface area is 141 Å².